The number of aryl methyl sites for hydroxylation is 1. The predicted octanol–water partition coefficient (Wildman–Crippen LogP) is 2.64. The molecule has 0 aliphatic rings. The van der Waals surface area contributed by atoms with Gasteiger partial charge in [-0.15, -0.1) is 0 Å². The van der Waals surface area contributed by atoms with Crippen molar-refractivity contribution in [3.63, 3.8) is 0 Å². The Labute approximate surface area is 111 Å². The number of nitrogens with two attached hydrogens (primary N) is 1. The first-order chi connectivity index (χ1) is 9.22. The maximum atomic E-state index is 5.63. The Morgan fingerprint density at radius 2 is 2.11 bits per heavy atom. The lowest BCUT2D eigenvalue weighted by Crippen LogP contribution is -2.02. The van der Waals surface area contributed by atoms with Crippen molar-refractivity contribution in [2.75, 3.05) is 6.54 Å². The topological polar surface area (TPSA) is 57.0 Å². The summed E-state index contributed by atoms with van der Waals surface area (Å²) in [6.07, 6.45) is 2.44. The van der Waals surface area contributed by atoms with Gasteiger partial charge in [-0.3, -0.25) is 0 Å². The summed E-state index contributed by atoms with van der Waals surface area (Å²) in [5.74, 6) is 0.678. The lowest BCUT2D eigenvalue weighted by atomic mass is 10.1. The van der Waals surface area contributed by atoms with Gasteiger partial charge in [0.15, 0.2) is 0 Å². The minimum Gasteiger partial charge on any atom is -0.444 e. The lowest BCUT2D eigenvalue weighted by molar-refractivity contribution is 0.572. The molecular weight excluding hydrogens is 238 g/mol. The lowest BCUT2D eigenvalue weighted by Gasteiger charge is -1.98. The Morgan fingerprint density at radius 3 is 2.89 bits per heavy atom. The highest BCUT2D eigenvalue weighted by atomic mass is 16.3. The maximum Gasteiger partial charge on any atom is 0.228 e. The molecule has 0 atom stereocenters. The van der Waals surface area contributed by atoms with E-state index in [9.17, 15) is 0 Å². The summed E-state index contributed by atoms with van der Waals surface area (Å²) in [6, 6.07) is 8.29. The molecule has 1 aromatic carbocycles. The molecule has 0 aliphatic carbocycles. The monoisotopic (exact) mass is 255 g/mol. The first kappa shape index (κ1) is 12.0. The summed E-state index contributed by atoms with van der Waals surface area (Å²) < 4.78 is 7.79. The third kappa shape index (κ3) is 1.85. The van der Waals surface area contributed by atoms with Crippen molar-refractivity contribution >= 4 is 10.9 Å². The molecule has 0 bridgehead atoms. The van der Waals surface area contributed by atoms with Crippen LogP contribution in [0.3, 0.4) is 0 Å². The summed E-state index contributed by atoms with van der Waals surface area (Å²) in [5.41, 5.74) is 9.87. The van der Waals surface area contributed by atoms with Crippen LogP contribution in [0, 0.1) is 6.92 Å². The van der Waals surface area contributed by atoms with Crippen molar-refractivity contribution in [3.8, 4) is 11.5 Å². The van der Waals surface area contributed by atoms with E-state index in [1.54, 1.807) is 6.26 Å². The molecule has 0 saturated carbocycles. The van der Waals surface area contributed by atoms with E-state index in [2.05, 4.69) is 35.7 Å². The molecule has 19 heavy (non-hydrogen) atoms. The molecule has 2 heterocycles. The Morgan fingerprint density at radius 1 is 1.32 bits per heavy atom. The molecule has 0 unspecified atom stereocenters. The van der Waals surface area contributed by atoms with Gasteiger partial charge < -0.3 is 14.7 Å². The highest BCUT2D eigenvalue weighted by Crippen LogP contribution is 2.33. The summed E-state index contributed by atoms with van der Waals surface area (Å²) in [5, 5.41) is 1.17. The number of hydrogen-bond donors (Lipinski definition) is 1. The fraction of sp³-hybridized carbons (Fsp3) is 0.267. The van der Waals surface area contributed by atoms with E-state index in [4.69, 9.17) is 10.2 Å². The largest absolute Gasteiger partial charge is 0.444 e. The second-order valence-corrected chi connectivity index (χ2v) is 4.72. The quantitative estimate of drug-likeness (QED) is 0.782. The summed E-state index contributed by atoms with van der Waals surface area (Å²) >= 11 is 0. The Balaban J connectivity index is 2.21. The SMILES string of the molecule is Cc1c(-c2nc(CCN)co2)c2ccccc2n1C. The summed E-state index contributed by atoms with van der Waals surface area (Å²) in [4.78, 5) is 4.53. The van der Waals surface area contributed by atoms with Crippen molar-refractivity contribution in [2.45, 2.75) is 13.3 Å². The number of oxazole rings is 1. The van der Waals surface area contributed by atoms with Gasteiger partial charge in [-0.25, -0.2) is 4.98 Å². The molecule has 2 N–H and O–H groups in total. The highest BCUT2D eigenvalue weighted by molar-refractivity contribution is 5.95. The van der Waals surface area contributed by atoms with Gasteiger partial charge >= 0.3 is 0 Å². The van der Waals surface area contributed by atoms with Crippen LogP contribution >= 0.6 is 0 Å². The molecule has 4 nitrogen and oxygen atoms in total. The Bertz CT molecular complexity index is 724. The molecule has 0 saturated heterocycles. The normalized spacial score (nSPS) is 11.3. The molecule has 3 aromatic rings. The minimum absolute atomic E-state index is 0.584. The van der Waals surface area contributed by atoms with Crippen LogP contribution < -0.4 is 5.73 Å². The first-order valence-electron chi connectivity index (χ1n) is 6.41. The van der Waals surface area contributed by atoms with Crippen LogP contribution in [0.25, 0.3) is 22.4 Å². The van der Waals surface area contributed by atoms with Crippen LogP contribution in [-0.4, -0.2) is 16.1 Å². The van der Waals surface area contributed by atoms with Crippen LogP contribution in [-0.2, 0) is 13.5 Å². The van der Waals surface area contributed by atoms with Crippen molar-refractivity contribution in [1.29, 1.82) is 0 Å². The number of rotatable bonds is 3. The van der Waals surface area contributed by atoms with Gasteiger partial charge in [0, 0.05) is 30.1 Å². The fourth-order valence-corrected chi connectivity index (χ4v) is 2.48. The van der Waals surface area contributed by atoms with Gasteiger partial charge in [-0.1, -0.05) is 18.2 Å². The first-order valence-corrected chi connectivity index (χ1v) is 6.41. The van der Waals surface area contributed by atoms with Crippen LogP contribution in [0.15, 0.2) is 34.9 Å². The molecule has 4 heteroatoms. The van der Waals surface area contributed by atoms with Gasteiger partial charge in [0.25, 0.3) is 0 Å². The van der Waals surface area contributed by atoms with Crippen molar-refractivity contribution in [1.82, 2.24) is 9.55 Å². The van der Waals surface area contributed by atoms with Gasteiger partial charge in [-0.2, -0.15) is 0 Å². The molecule has 0 spiro atoms. The van der Waals surface area contributed by atoms with Crippen molar-refractivity contribution in [3.05, 3.63) is 41.9 Å². The van der Waals surface area contributed by atoms with Crippen molar-refractivity contribution in [2.24, 2.45) is 12.8 Å². The second kappa shape index (κ2) is 4.55. The zero-order valence-electron chi connectivity index (χ0n) is 11.2. The zero-order valence-corrected chi connectivity index (χ0v) is 11.2. The Hall–Kier alpha value is -2.07. The van der Waals surface area contributed by atoms with E-state index in [1.165, 1.54) is 10.9 Å². The van der Waals surface area contributed by atoms with E-state index in [1.807, 2.05) is 12.1 Å². The minimum atomic E-state index is 0.584. The van der Waals surface area contributed by atoms with E-state index in [0.717, 1.165) is 23.4 Å². The zero-order chi connectivity index (χ0) is 13.4. The third-order valence-corrected chi connectivity index (χ3v) is 3.57. The number of hydrogen-bond acceptors (Lipinski definition) is 3. The number of fused-ring (bicyclic) bond motifs is 1. The standard InChI is InChI=1S/C15H17N3O/c1-10-14(15-17-11(7-8-16)9-19-15)12-5-3-4-6-13(12)18(10)2/h3-6,9H,7-8,16H2,1-2H3. The van der Waals surface area contributed by atoms with Crippen LogP contribution in [0.2, 0.25) is 0 Å². The van der Waals surface area contributed by atoms with Gasteiger partial charge in [0.2, 0.25) is 5.89 Å². The second-order valence-electron chi connectivity index (χ2n) is 4.72. The van der Waals surface area contributed by atoms with Gasteiger partial charge in [0.1, 0.15) is 6.26 Å². The van der Waals surface area contributed by atoms with E-state index < -0.39 is 0 Å². The molecule has 98 valence electrons. The van der Waals surface area contributed by atoms with E-state index in [0.29, 0.717) is 12.4 Å². The molecule has 3 rings (SSSR count). The highest BCUT2D eigenvalue weighted by Gasteiger charge is 2.17. The maximum absolute atomic E-state index is 5.63. The van der Waals surface area contributed by atoms with Gasteiger partial charge in [0.05, 0.1) is 11.3 Å². The molecule has 0 fully saturated rings. The van der Waals surface area contributed by atoms with E-state index >= 15 is 0 Å². The number of aromatic nitrogens is 2. The summed E-state index contributed by atoms with van der Waals surface area (Å²) in [6.45, 7) is 2.67. The average Bonchev–Trinajstić information content (AvgIpc) is 2.96. The van der Waals surface area contributed by atoms with E-state index in [-0.39, 0.29) is 0 Å². The molecule has 0 amide bonds. The Kier molecular flexibility index (Phi) is 2.87. The van der Waals surface area contributed by atoms with Crippen molar-refractivity contribution < 1.29 is 4.42 Å². The smallest absolute Gasteiger partial charge is 0.228 e. The predicted molar refractivity (Wildman–Crippen MR) is 75.9 cm³/mol. The summed E-state index contributed by atoms with van der Waals surface area (Å²) in [7, 11) is 2.06. The van der Waals surface area contributed by atoms with Crippen LogP contribution in [0.4, 0.5) is 0 Å². The fourth-order valence-electron chi connectivity index (χ4n) is 2.48. The number of nitrogens with zero attached hydrogens (tertiary/aromatic N) is 2. The third-order valence-electron chi connectivity index (χ3n) is 3.57. The molecule has 0 aliphatic heterocycles. The van der Waals surface area contributed by atoms with Crippen LogP contribution in [0.1, 0.15) is 11.4 Å². The molecule has 2 aromatic heterocycles. The van der Waals surface area contributed by atoms with Gasteiger partial charge in [-0.05, 0) is 19.5 Å². The molecule has 0 radical (unpaired) electrons. The average molecular weight is 255 g/mol. The number of para-hydroxylation sites is 1. The van der Waals surface area contributed by atoms with Crippen LogP contribution in [0.5, 0.6) is 0 Å². The molecular formula is C15H17N3O. The number of benzene rings is 1.